The lowest BCUT2D eigenvalue weighted by atomic mass is 10.2. The van der Waals surface area contributed by atoms with Gasteiger partial charge >= 0.3 is 0 Å². The monoisotopic (exact) mass is 522 g/mol. The molecule has 30 heavy (non-hydrogen) atoms. The van der Waals surface area contributed by atoms with Gasteiger partial charge in [-0.05, 0) is 39.7 Å². The van der Waals surface area contributed by atoms with Crippen LogP contribution in [-0.2, 0) is 16.6 Å². The zero-order valence-corrected chi connectivity index (χ0v) is 18.7. The quantitative estimate of drug-likeness (QED) is 0.419. The second kappa shape index (κ2) is 8.82. The number of benzene rings is 2. The van der Waals surface area contributed by atoms with Crippen LogP contribution in [0.2, 0.25) is 0 Å². The Morgan fingerprint density at radius 3 is 2.20 bits per heavy atom. The van der Waals surface area contributed by atoms with E-state index in [4.69, 9.17) is 9.47 Å². The number of hydrogen-bond donors (Lipinski definition) is 0. The van der Waals surface area contributed by atoms with Crippen molar-refractivity contribution < 1.29 is 31.1 Å². The van der Waals surface area contributed by atoms with E-state index in [0.29, 0.717) is 34.5 Å². The third-order valence-corrected chi connectivity index (χ3v) is 7.24. The predicted octanol–water partition coefficient (Wildman–Crippen LogP) is 4.74. The van der Waals surface area contributed by atoms with Gasteiger partial charge in [0.25, 0.3) is 10.0 Å². The standard InChI is InChI=1S/C18H14BrF3N2O4S2/c1-27-11-3-10(4-12(5-11)28-2)9-24(18-23-8-17(22)29-18)30(25,26)16-6-13(19)14(20)7-15(16)21/h3-8H,9H2,1-2H3. The first kappa shape index (κ1) is 22.4. The number of ether oxygens (including phenoxy) is 2. The summed E-state index contributed by atoms with van der Waals surface area (Å²) in [5.41, 5.74) is 0.409. The molecule has 0 atom stereocenters. The van der Waals surface area contributed by atoms with Crippen LogP contribution in [0.4, 0.5) is 18.3 Å². The molecule has 0 aliphatic heterocycles. The zero-order valence-electron chi connectivity index (χ0n) is 15.5. The Morgan fingerprint density at radius 1 is 1.03 bits per heavy atom. The summed E-state index contributed by atoms with van der Waals surface area (Å²) in [5.74, 6) is -1.47. The summed E-state index contributed by atoms with van der Waals surface area (Å²) in [6.07, 6.45) is 0.853. The largest absolute Gasteiger partial charge is 0.497 e. The van der Waals surface area contributed by atoms with E-state index < -0.39 is 31.7 Å². The molecular weight excluding hydrogens is 509 g/mol. The maximum absolute atomic E-state index is 14.4. The summed E-state index contributed by atoms with van der Waals surface area (Å²) in [6, 6.07) is 5.94. The molecule has 12 heteroatoms. The molecule has 0 unspecified atom stereocenters. The number of halogens is 4. The van der Waals surface area contributed by atoms with Crippen molar-refractivity contribution in [3.8, 4) is 11.5 Å². The van der Waals surface area contributed by atoms with Crippen molar-refractivity contribution in [2.45, 2.75) is 11.4 Å². The molecular formula is C18H14BrF3N2O4S2. The number of aromatic nitrogens is 1. The lowest BCUT2D eigenvalue weighted by molar-refractivity contribution is 0.393. The Balaban J connectivity index is 2.14. The normalized spacial score (nSPS) is 11.4. The Bertz CT molecular complexity index is 1170. The van der Waals surface area contributed by atoms with Crippen molar-refractivity contribution in [2.75, 3.05) is 18.5 Å². The lowest BCUT2D eigenvalue weighted by Crippen LogP contribution is -2.31. The molecule has 0 radical (unpaired) electrons. The Kier molecular flexibility index (Phi) is 6.58. The van der Waals surface area contributed by atoms with Crippen LogP contribution in [0.1, 0.15) is 5.56 Å². The number of anilines is 1. The highest BCUT2D eigenvalue weighted by atomic mass is 79.9. The molecule has 0 amide bonds. The molecule has 1 heterocycles. The fourth-order valence-electron chi connectivity index (χ4n) is 2.56. The number of thiazole rings is 1. The molecule has 1 aromatic heterocycles. The summed E-state index contributed by atoms with van der Waals surface area (Å²) >= 11 is 3.32. The van der Waals surface area contributed by atoms with Crippen LogP contribution >= 0.6 is 27.3 Å². The Morgan fingerprint density at radius 2 is 1.67 bits per heavy atom. The van der Waals surface area contributed by atoms with E-state index in [0.717, 1.165) is 16.6 Å². The molecule has 2 aromatic carbocycles. The third kappa shape index (κ3) is 4.55. The maximum Gasteiger partial charge on any atom is 0.269 e. The lowest BCUT2D eigenvalue weighted by Gasteiger charge is -2.23. The second-order valence-electron chi connectivity index (χ2n) is 5.88. The number of rotatable bonds is 7. The van der Waals surface area contributed by atoms with Crippen LogP contribution in [0.3, 0.4) is 0 Å². The van der Waals surface area contributed by atoms with Gasteiger partial charge < -0.3 is 9.47 Å². The molecule has 6 nitrogen and oxygen atoms in total. The average molecular weight is 523 g/mol. The molecule has 0 bridgehead atoms. The molecule has 0 fully saturated rings. The van der Waals surface area contributed by atoms with E-state index in [1.54, 1.807) is 18.2 Å². The van der Waals surface area contributed by atoms with Gasteiger partial charge in [-0.15, -0.1) is 0 Å². The predicted molar refractivity (Wildman–Crippen MR) is 109 cm³/mol. The molecule has 0 saturated carbocycles. The summed E-state index contributed by atoms with van der Waals surface area (Å²) in [5, 5.41) is -0.955. The molecule has 0 spiro atoms. The topological polar surface area (TPSA) is 68.7 Å². The van der Waals surface area contributed by atoms with E-state index in [1.807, 2.05) is 0 Å². The molecule has 0 aliphatic carbocycles. The molecule has 160 valence electrons. The van der Waals surface area contributed by atoms with Gasteiger partial charge in [0, 0.05) is 12.1 Å². The summed E-state index contributed by atoms with van der Waals surface area (Å²) < 4.78 is 79.0. The minimum absolute atomic E-state index is 0.228. The van der Waals surface area contributed by atoms with Gasteiger partial charge in [0.15, 0.2) is 5.13 Å². The fourth-order valence-corrected chi connectivity index (χ4v) is 5.39. The molecule has 0 saturated heterocycles. The Hall–Kier alpha value is -2.31. The van der Waals surface area contributed by atoms with E-state index in [1.165, 1.54) is 14.2 Å². The fraction of sp³-hybridized carbons (Fsp3) is 0.167. The first-order valence-corrected chi connectivity index (χ1v) is 11.2. The van der Waals surface area contributed by atoms with E-state index >= 15 is 0 Å². The van der Waals surface area contributed by atoms with Crippen molar-refractivity contribution >= 4 is 42.4 Å². The third-order valence-electron chi connectivity index (χ3n) is 3.96. The number of hydrogen-bond acceptors (Lipinski definition) is 6. The van der Waals surface area contributed by atoms with Crippen LogP contribution in [0.25, 0.3) is 0 Å². The van der Waals surface area contributed by atoms with Crippen molar-refractivity contribution in [3.63, 3.8) is 0 Å². The second-order valence-corrected chi connectivity index (χ2v) is 9.52. The van der Waals surface area contributed by atoms with Crippen LogP contribution < -0.4 is 13.8 Å². The number of nitrogens with zero attached hydrogens (tertiary/aromatic N) is 2. The average Bonchev–Trinajstić information content (AvgIpc) is 3.14. The van der Waals surface area contributed by atoms with E-state index in [-0.39, 0.29) is 16.1 Å². The maximum atomic E-state index is 14.4. The molecule has 0 N–H and O–H groups in total. The summed E-state index contributed by atoms with van der Waals surface area (Å²) in [7, 11) is -1.74. The van der Waals surface area contributed by atoms with Gasteiger partial charge in [-0.2, -0.15) is 4.39 Å². The smallest absolute Gasteiger partial charge is 0.269 e. The van der Waals surface area contributed by atoms with Crippen molar-refractivity contribution in [1.82, 2.24) is 4.98 Å². The minimum atomic E-state index is -4.59. The summed E-state index contributed by atoms with van der Waals surface area (Å²) in [4.78, 5) is 2.99. The van der Waals surface area contributed by atoms with Crippen LogP contribution in [0.5, 0.6) is 11.5 Å². The van der Waals surface area contributed by atoms with Crippen LogP contribution in [-0.4, -0.2) is 27.6 Å². The van der Waals surface area contributed by atoms with Crippen molar-refractivity contribution in [2.24, 2.45) is 0 Å². The highest BCUT2D eigenvalue weighted by molar-refractivity contribution is 9.10. The van der Waals surface area contributed by atoms with Crippen LogP contribution in [0.15, 0.2) is 45.9 Å². The molecule has 3 aromatic rings. The SMILES string of the molecule is COc1cc(CN(c2ncc(F)s2)S(=O)(=O)c2cc(Br)c(F)cc2F)cc(OC)c1. The minimum Gasteiger partial charge on any atom is -0.497 e. The van der Waals surface area contributed by atoms with Crippen LogP contribution in [0, 0.1) is 16.8 Å². The number of methoxy groups -OCH3 is 2. The van der Waals surface area contributed by atoms with Crippen molar-refractivity contribution in [3.05, 3.63) is 63.3 Å². The van der Waals surface area contributed by atoms with Gasteiger partial charge in [0.2, 0.25) is 5.13 Å². The van der Waals surface area contributed by atoms with E-state index in [2.05, 4.69) is 20.9 Å². The zero-order chi connectivity index (χ0) is 22.1. The molecule has 3 rings (SSSR count). The first-order valence-electron chi connectivity index (χ1n) is 8.16. The Labute approximate surface area is 183 Å². The highest BCUT2D eigenvalue weighted by Crippen LogP contribution is 2.33. The molecule has 0 aliphatic rings. The number of sulfonamides is 1. The van der Waals surface area contributed by atoms with E-state index in [9.17, 15) is 21.6 Å². The van der Waals surface area contributed by atoms with Gasteiger partial charge in [0.1, 0.15) is 28.0 Å². The van der Waals surface area contributed by atoms with Gasteiger partial charge in [-0.3, -0.25) is 0 Å². The highest BCUT2D eigenvalue weighted by Gasteiger charge is 2.31. The summed E-state index contributed by atoms with van der Waals surface area (Å²) in [6.45, 7) is -0.336. The van der Waals surface area contributed by atoms with Crippen molar-refractivity contribution in [1.29, 1.82) is 0 Å². The first-order chi connectivity index (χ1) is 14.1. The van der Waals surface area contributed by atoms with Gasteiger partial charge in [0.05, 0.1) is 31.4 Å². The van der Waals surface area contributed by atoms with Gasteiger partial charge in [-0.1, -0.05) is 11.3 Å². The van der Waals surface area contributed by atoms with Gasteiger partial charge in [-0.25, -0.2) is 26.5 Å².